The summed E-state index contributed by atoms with van der Waals surface area (Å²) in [6.07, 6.45) is 0. The van der Waals surface area contributed by atoms with E-state index in [0.29, 0.717) is 12.3 Å². The first kappa shape index (κ1) is 15.8. The average Bonchev–Trinajstić information content (AvgIpc) is 3.09. The molecule has 0 saturated carbocycles. The summed E-state index contributed by atoms with van der Waals surface area (Å²) in [6, 6.07) is 18.4. The van der Waals surface area contributed by atoms with Gasteiger partial charge in [0.1, 0.15) is 17.9 Å². The molecule has 1 unspecified atom stereocenters. The summed E-state index contributed by atoms with van der Waals surface area (Å²) in [4.78, 5) is 12.2. The third kappa shape index (κ3) is 3.29. The zero-order valence-electron chi connectivity index (χ0n) is 13.2. The van der Waals surface area contributed by atoms with Crippen molar-refractivity contribution in [2.24, 2.45) is 0 Å². The molecule has 5 nitrogen and oxygen atoms in total. The van der Waals surface area contributed by atoms with Crippen molar-refractivity contribution in [1.29, 1.82) is 5.26 Å². The average molecular weight is 320 g/mol. The van der Waals surface area contributed by atoms with Crippen LogP contribution in [0, 0.1) is 11.3 Å². The highest BCUT2D eigenvalue weighted by Crippen LogP contribution is 2.22. The van der Waals surface area contributed by atoms with Gasteiger partial charge in [-0.25, -0.2) is 4.79 Å². The number of furan rings is 1. The zero-order chi connectivity index (χ0) is 16.9. The highest BCUT2D eigenvalue weighted by atomic mass is 16.5. The number of fused-ring (bicyclic) bond motifs is 1. The molecular formula is C19H16N2O3. The van der Waals surface area contributed by atoms with E-state index in [0.717, 1.165) is 16.3 Å². The molecule has 0 spiro atoms. The van der Waals surface area contributed by atoms with Gasteiger partial charge in [0.2, 0.25) is 5.76 Å². The molecule has 0 aliphatic carbocycles. The molecule has 3 rings (SSSR count). The van der Waals surface area contributed by atoms with Gasteiger partial charge in [0.15, 0.2) is 0 Å². The summed E-state index contributed by atoms with van der Waals surface area (Å²) in [5, 5.41) is 14.1. The van der Waals surface area contributed by atoms with E-state index in [1.165, 1.54) is 7.11 Å². The summed E-state index contributed by atoms with van der Waals surface area (Å²) in [5.74, 6) is 0.450. The van der Waals surface area contributed by atoms with E-state index in [9.17, 15) is 4.79 Å². The minimum Gasteiger partial charge on any atom is -0.468 e. The number of nitriles is 1. The van der Waals surface area contributed by atoms with Crippen LogP contribution in [0.1, 0.15) is 23.1 Å². The Labute approximate surface area is 139 Å². The molecule has 0 fully saturated rings. The van der Waals surface area contributed by atoms with E-state index in [2.05, 4.69) is 5.32 Å². The Balaban J connectivity index is 1.84. The number of carbonyl (C=O) groups is 1. The summed E-state index contributed by atoms with van der Waals surface area (Å²) >= 11 is 0. The number of methoxy groups -OCH3 is 1. The van der Waals surface area contributed by atoms with Gasteiger partial charge in [-0.05, 0) is 34.5 Å². The maximum absolute atomic E-state index is 12.2. The van der Waals surface area contributed by atoms with Crippen LogP contribution in [0.3, 0.4) is 0 Å². The number of rotatable bonds is 5. The molecule has 3 aromatic rings. The van der Waals surface area contributed by atoms with E-state index in [-0.39, 0.29) is 11.7 Å². The predicted octanol–water partition coefficient (Wildman–Crippen LogP) is 3.31. The second-order valence-corrected chi connectivity index (χ2v) is 5.32. The SMILES string of the molecule is COC(=O)C(NCc1ccc(C#N)o1)c1ccc2ccccc2c1. The smallest absolute Gasteiger partial charge is 0.327 e. The van der Waals surface area contributed by atoms with Crippen LogP contribution in [0.15, 0.2) is 59.0 Å². The fourth-order valence-electron chi connectivity index (χ4n) is 2.58. The Hall–Kier alpha value is -3.10. The van der Waals surface area contributed by atoms with Gasteiger partial charge in [-0.15, -0.1) is 0 Å². The minimum absolute atomic E-state index is 0.243. The maximum atomic E-state index is 12.2. The monoisotopic (exact) mass is 320 g/mol. The molecule has 1 atom stereocenters. The molecule has 1 heterocycles. The lowest BCUT2D eigenvalue weighted by Gasteiger charge is -2.17. The lowest BCUT2D eigenvalue weighted by molar-refractivity contribution is -0.143. The largest absolute Gasteiger partial charge is 0.468 e. The number of ether oxygens (including phenoxy) is 1. The van der Waals surface area contributed by atoms with Gasteiger partial charge in [-0.2, -0.15) is 5.26 Å². The summed E-state index contributed by atoms with van der Waals surface area (Å²) in [7, 11) is 1.36. The molecule has 0 bridgehead atoms. The number of carbonyl (C=O) groups excluding carboxylic acids is 1. The van der Waals surface area contributed by atoms with Crippen molar-refractivity contribution in [3.63, 3.8) is 0 Å². The normalized spacial score (nSPS) is 11.8. The summed E-state index contributed by atoms with van der Waals surface area (Å²) < 4.78 is 10.2. The third-order valence-corrected chi connectivity index (χ3v) is 3.80. The van der Waals surface area contributed by atoms with Crippen molar-refractivity contribution in [2.75, 3.05) is 7.11 Å². The molecule has 0 saturated heterocycles. The lowest BCUT2D eigenvalue weighted by atomic mass is 10.0. The Kier molecular flexibility index (Phi) is 4.59. The number of benzene rings is 2. The second kappa shape index (κ2) is 6.99. The number of nitrogens with one attached hydrogen (secondary N) is 1. The van der Waals surface area contributed by atoms with Crippen molar-refractivity contribution in [3.05, 3.63) is 71.7 Å². The third-order valence-electron chi connectivity index (χ3n) is 3.80. The molecule has 24 heavy (non-hydrogen) atoms. The van der Waals surface area contributed by atoms with Crippen LogP contribution in [0.5, 0.6) is 0 Å². The lowest BCUT2D eigenvalue weighted by Crippen LogP contribution is -2.29. The van der Waals surface area contributed by atoms with Gasteiger partial charge < -0.3 is 9.15 Å². The first-order valence-corrected chi connectivity index (χ1v) is 7.50. The van der Waals surface area contributed by atoms with E-state index in [1.807, 2.05) is 48.5 Å². The van der Waals surface area contributed by atoms with E-state index in [4.69, 9.17) is 14.4 Å². The van der Waals surface area contributed by atoms with Crippen LogP contribution in [0.2, 0.25) is 0 Å². The molecule has 0 radical (unpaired) electrons. The van der Waals surface area contributed by atoms with E-state index >= 15 is 0 Å². The molecular weight excluding hydrogens is 304 g/mol. The van der Waals surface area contributed by atoms with Crippen LogP contribution in [0.4, 0.5) is 0 Å². The fourth-order valence-corrected chi connectivity index (χ4v) is 2.58. The van der Waals surface area contributed by atoms with E-state index in [1.54, 1.807) is 12.1 Å². The Morgan fingerprint density at radius 2 is 2.00 bits per heavy atom. The summed E-state index contributed by atoms with van der Waals surface area (Å²) in [5.41, 5.74) is 0.813. The van der Waals surface area contributed by atoms with Gasteiger partial charge in [-0.3, -0.25) is 5.32 Å². The number of hydrogen-bond acceptors (Lipinski definition) is 5. The zero-order valence-corrected chi connectivity index (χ0v) is 13.2. The van der Waals surface area contributed by atoms with Crippen molar-refractivity contribution in [1.82, 2.24) is 5.32 Å². The fraction of sp³-hybridized carbons (Fsp3) is 0.158. The van der Waals surface area contributed by atoms with Crippen molar-refractivity contribution >= 4 is 16.7 Å². The van der Waals surface area contributed by atoms with Crippen LogP contribution >= 0.6 is 0 Å². The highest BCUT2D eigenvalue weighted by Gasteiger charge is 2.21. The molecule has 1 aromatic heterocycles. The van der Waals surface area contributed by atoms with Crippen LogP contribution in [-0.2, 0) is 16.1 Å². The van der Waals surface area contributed by atoms with Gasteiger partial charge >= 0.3 is 5.97 Å². The molecule has 0 aliphatic heterocycles. The molecule has 120 valence electrons. The molecule has 5 heteroatoms. The molecule has 2 aromatic carbocycles. The summed E-state index contributed by atoms with van der Waals surface area (Å²) in [6.45, 7) is 0.314. The van der Waals surface area contributed by atoms with Crippen molar-refractivity contribution in [2.45, 2.75) is 12.6 Å². The van der Waals surface area contributed by atoms with Crippen LogP contribution in [0.25, 0.3) is 10.8 Å². The van der Waals surface area contributed by atoms with Gasteiger partial charge in [-0.1, -0.05) is 36.4 Å². The number of esters is 1. The van der Waals surface area contributed by atoms with Crippen LogP contribution < -0.4 is 5.32 Å². The van der Waals surface area contributed by atoms with Gasteiger partial charge in [0, 0.05) is 0 Å². The minimum atomic E-state index is -0.616. The second-order valence-electron chi connectivity index (χ2n) is 5.32. The van der Waals surface area contributed by atoms with Gasteiger partial charge in [0.05, 0.1) is 13.7 Å². The van der Waals surface area contributed by atoms with Crippen molar-refractivity contribution in [3.8, 4) is 6.07 Å². The van der Waals surface area contributed by atoms with Gasteiger partial charge in [0.25, 0.3) is 0 Å². The van der Waals surface area contributed by atoms with E-state index < -0.39 is 6.04 Å². The maximum Gasteiger partial charge on any atom is 0.327 e. The Bertz CT molecular complexity index is 908. The standard InChI is InChI=1S/C19H16N2O3/c1-23-19(22)18(21-12-17-9-8-16(11-20)24-17)15-7-6-13-4-2-3-5-14(13)10-15/h2-10,18,21H,12H2,1H3. The van der Waals surface area contributed by atoms with Crippen molar-refractivity contribution < 1.29 is 13.9 Å². The first-order valence-electron chi connectivity index (χ1n) is 7.50. The Morgan fingerprint density at radius 1 is 1.21 bits per heavy atom. The molecule has 1 N–H and O–H groups in total. The van der Waals surface area contributed by atoms with Crippen LogP contribution in [-0.4, -0.2) is 13.1 Å². The topological polar surface area (TPSA) is 75.3 Å². The molecule has 0 amide bonds. The molecule has 0 aliphatic rings. The predicted molar refractivity (Wildman–Crippen MR) is 89.0 cm³/mol. The number of nitrogens with zero attached hydrogens (tertiary/aromatic N) is 1. The quantitative estimate of drug-likeness (QED) is 0.730. The first-order chi connectivity index (χ1) is 11.7. The Morgan fingerprint density at radius 3 is 2.71 bits per heavy atom. The number of hydrogen-bond donors (Lipinski definition) is 1. The highest BCUT2D eigenvalue weighted by molar-refractivity contribution is 5.85.